The molecule has 51 heavy (non-hydrogen) atoms. The van der Waals surface area contributed by atoms with Crippen molar-refractivity contribution >= 4 is 70.4 Å². The van der Waals surface area contributed by atoms with E-state index in [9.17, 15) is 0 Å². The van der Waals surface area contributed by atoms with E-state index in [-0.39, 0.29) is 0 Å². The van der Waals surface area contributed by atoms with Crippen LogP contribution in [-0.2, 0) is 0 Å². The van der Waals surface area contributed by atoms with Gasteiger partial charge in [0.2, 0.25) is 5.89 Å². The van der Waals surface area contributed by atoms with Crippen LogP contribution < -0.4 is 4.90 Å². The van der Waals surface area contributed by atoms with Crippen LogP contribution in [0, 0.1) is 0 Å². The Morgan fingerprint density at radius 2 is 0.980 bits per heavy atom. The van der Waals surface area contributed by atoms with E-state index in [1.807, 2.05) is 47.7 Å². The molecule has 0 aliphatic carbocycles. The number of nitrogens with zero attached hydrogens (tertiary/aromatic N) is 2. The lowest BCUT2D eigenvalue weighted by Gasteiger charge is -2.26. The Kier molecular flexibility index (Phi) is 7.00. The number of fused-ring (bicyclic) bond motifs is 6. The second kappa shape index (κ2) is 12.1. The van der Waals surface area contributed by atoms with Crippen LogP contribution in [0.3, 0.4) is 0 Å². The quantitative estimate of drug-likeness (QED) is 0.176. The first-order chi connectivity index (χ1) is 25.2. The fraction of sp³-hybridized carbons (Fsp3) is 0. The maximum atomic E-state index is 6.20. The summed E-state index contributed by atoms with van der Waals surface area (Å²) >= 11 is 1.85. The highest BCUT2D eigenvalue weighted by Crippen LogP contribution is 2.42. The first-order valence-electron chi connectivity index (χ1n) is 17.1. The standard InChI is InChI=1S/C47H30N2OS/c1-3-9-31(10-4-1)32-17-22-37(23-18-32)49(39-26-28-45-42(30-39)40-13-7-8-14-44(40)51-45)38-24-19-33(20-25-38)36-16-15-34-21-27-43-46(41(34)29-36)48-47(50-43)35-11-5-2-6-12-35/h1-30H. The average molecular weight is 671 g/mol. The van der Waals surface area contributed by atoms with E-state index in [1.165, 1.54) is 31.3 Å². The SMILES string of the molecule is c1ccc(-c2ccc(N(c3ccc(-c4ccc5ccc6oc(-c7ccccc7)nc6c5c4)cc3)c3ccc4sc5ccccc5c4c3)cc2)cc1. The third kappa shape index (κ3) is 5.25. The van der Waals surface area contributed by atoms with Crippen molar-refractivity contribution in [1.29, 1.82) is 0 Å². The first-order valence-corrected chi connectivity index (χ1v) is 17.9. The molecular weight excluding hydrogens is 641 g/mol. The minimum absolute atomic E-state index is 0.637. The van der Waals surface area contributed by atoms with Crippen LogP contribution in [0.4, 0.5) is 17.1 Å². The number of rotatable bonds is 6. The monoisotopic (exact) mass is 670 g/mol. The van der Waals surface area contributed by atoms with Crippen LogP contribution in [0.2, 0.25) is 0 Å². The molecule has 3 nitrogen and oxygen atoms in total. The molecule has 0 aliphatic heterocycles. The molecule has 10 rings (SSSR count). The molecular formula is C47H30N2OS. The van der Waals surface area contributed by atoms with Crippen molar-refractivity contribution in [3.8, 4) is 33.7 Å². The molecule has 2 heterocycles. The molecule has 0 N–H and O–H groups in total. The van der Waals surface area contributed by atoms with Crippen molar-refractivity contribution in [3.05, 3.63) is 182 Å². The van der Waals surface area contributed by atoms with E-state index in [2.05, 4.69) is 150 Å². The number of aromatic nitrogens is 1. The van der Waals surface area contributed by atoms with Gasteiger partial charge < -0.3 is 9.32 Å². The molecule has 0 spiro atoms. The van der Waals surface area contributed by atoms with Crippen LogP contribution in [0.5, 0.6) is 0 Å². The molecule has 240 valence electrons. The highest BCUT2D eigenvalue weighted by Gasteiger charge is 2.16. The van der Waals surface area contributed by atoms with Gasteiger partial charge in [0.1, 0.15) is 5.52 Å². The van der Waals surface area contributed by atoms with Crippen molar-refractivity contribution < 1.29 is 4.42 Å². The molecule has 4 heteroatoms. The summed E-state index contributed by atoms with van der Waals surface area (Å²) in [5.74, 6) is 0.637. The van der Waals surface area contributed by atoms with Crippen LogP contribution in [-0.4, -0.2) is 4.98 Å². The van der Waals surface area contributed by atoms with Gasteiger partial charge in [0, 0.05) is 48.2 Å². The smallest absolute Gasteiger partial charge is 0.227 e. The van der Waals surface area contributed by atoms with Crippen molar-refractivity contribution in [3.63, 3.8) is 0 Å². The second-order valence-corrected chi connectivity index (χ2v) is 13.9. The van der Waals surface area contributed by atoms with Crippen molar-refractivity contribution in [2.45, 2.75) is 0 Å². The Balaban J connectivity index is 1.06. The highest BCUT2D eigenvalue weighted by molar-refractivity contribution is 7.25. The van der Waals surface area contributed by atoms with Crippen LogP contribution in [0.1, 0.15) is 0 Å². The summed E-state index contributed by atoms with van der Waals surface area (Å²) in [5, 5.41) is 4.79. The third-order valence-electron chi connectivity index (χ3n) is 9.71. The van der Waals surface area contributed by atoms with Crippen LogP contribution >= 0.6 is 11.3 Å². The van der Waals surface area contributed by atoms with Gasteiger partial charge in [0.25, 0.3) is 0 Å². The summed E-state index contributed by atoms with van der Waals surface area (Å²) in [6.07, 6.45) is 0. The van der Waals surface area contributed by atoms with Crippen molar-refractivity contribution in [1.82, 2.24) is 4.98 Å². The molecule has 0 atom stereocenters. The lowest BCUT2D eigenvalue weighted by atomic mass is 10.00. The van der Waals surface area contributed by atoms with Gasteiger partial charge in [-0.2, -0.15) is 0 Å². The van der Waals surface area contributed by atoms with Crippen LogP contribution in [0.15, 0.2) is 186 Å². The zero-order valence-corrected chi connectivity index (χ0v) is 28.3. The number of benzene rings is 8. The normalized spacial score (nSPS) is 11.5. The lowest BCUT2D eigenvalue weighted by Crippen LogP contribution is -2.09. The summed E-state index contributed by atoms with van der Waals surface area (Å²) in [6, 6.07) is 64.7. The van der Waals surface area contributed by atoms with Gasteiger partial charge in [-0.15, -0.1) is 11.3 Å². The molecule has 8 aromatic carbocycles. The number of anilines is 3. The average Bonchev–Trinajstić information content (AvgIpc) is 3.81. The van der Waals surface area contributed by atoms with E-state index in [1.54, 1.807) is 0 Å². The molecule has 0 unspecified atom stereocenters. The lowest BCUT2D eigenvalue weighted by molar-refractivity contribution is 0.620. The minimum Gasteiger partial charge on any atom is -0.436 e. The second-order valence-electron chi connectivity index (χ2n) is 12.8. The van der Waals surface area contributed by atoms with Gasteiger partial charge >= 0.3 is 0 Å². The topological polar surface area (TPSA) is 29.3 Å². The van der Waals surface area contributed by atoms with E-state index in [4.69, 9.17) is 9.40 Å². The van der Waals surface area contributed by atoms with Crippen molar-refractivity contribution in [2.24, 2.45) is 0 Å². The Hall–Kier alpha value is -6.49. The molecule has 10 aromatic rings. The van der Waals surface area contributed by atoms with Gasteiger partial charge in [0.05, 0.1) is 0 Å². The number of hydrogen-bond donors (Lipinski definition) is 0. The summed E-state index contributed by atoms with van der Waals surface area (Å²) in [7, 11) is 0. The molecule has 0 saturated heterocycles. The molecule has 0 radical (unpaired) electrons. The zero-order valence-electron chi connectivity index (χ0n) is 27.5. The van der Waals surface area contributed by atoms with Gasteiger partial charge in [-0.3, -0.25) is 0 Å². The maximum absolute atomic E-state index is 6.20. The van der Waals surface area contributed by atoms with E-state index in [0.29, 0.717) is 5.89 Å². The van der Waals surface area contributed by atoms with Gasteiger partial charge in [-0.05, 0) is 100 Å². The molecule has 0 aliphatic rings. The Morgan fingerprint density at radius 1 is 0.412 bits per heavy atom. The summed E-state index contributed by atoms with van der Waals surface area (Å²) in [4.78, 5) is 7.30. The Labute approximate surface area is 299 Å². The fourth-order valence-electron chi connectivity index (χ4n) is 7.13. The molecule has 2 aromatic heterocycles. The highest BCUT2D eigenvalue weighted by atomic mass is 32.1. The predicted molar refractivity (Wildman–Crippen MR) is 215 cm³/mol. The Morgan fingerprint density at radius 3 is 1.73 bits per heavy atom. The molecule has 0 amide bonds. The summed E-state index contributed by atoms with van der Waals surface area (Å²) in [6.45, 7) is 0. The molecule has 0 fully saturated rings. The molecule has 0 saturated carbocycles. The van der Waals surface area contributed by atoms with E-state index >= 15 is 0 Å². The molecule has 0 bridgehead atoms. The Bertz CT molecular complexity index is 2840. The largest absolute Gasteiger partial charge is 0.436 e. The fourth-order valence-corrected chi connectivity index (χ4v) is 8.22. The first kappa shape index (κ1) is 29.4. The van der Waals surface area contributed by atoms with Crippen molar-refractivity contribution in [2.75, 3.05) is 4.90 Å². The van der Waals surface area contributed by atoms with Gasteiger partial charge in [0.15, 0.2) is 5.58 Å². The van der Waals surface area contributed by atoms with Gasteiger partial charge in [-0.25, -0.2) is 4.98 Å². The summed E-state index contributed by atoms with van der Waals surface area (Å²) < 4.78 is 8.80. The van der Waals surface area contributed by atoms with E-state index in [0.717, 1.165) is 55.6 Å². The third-order valence-corrected chi connectivity index (χ3v) is 10.9. The van der Waals surface area contributed by atoms with Crippen LogP contribution in [0.25, 0.3) is 75.8 Å². The zero-order chi connectivity index (χ0) is 33.7. The maximum Gasteiger partial charge on any atom is 0.227 e. The minimum atomic E-state index is 0.637. The number of oxazole rings is 1. The number of hydrogen-bond acceptors (Lipinski definition) is 4. The summed E-state index contributed by atoms with van der Waals surface area (Å²) in [5.41, 5.74) is 10.7. The number of thiophene rings is 1. The van der Waals surface area contributed by atoms with E-state index < -0.39 is 0 Å². The predicted octanol–water partition coefficient (Wildman–Crippen LogP) is 13.8. The van der Waals surface area contributed by atoms with Gasteiger partial charge in [-0.1, -0.05) is 109 Å².